The van der Waals surface area contributed by atoms with Gasteiger partial charge in [0, 0.05) is 33.8 Å². The molecule has 182 valence electrons. The van der Waals surface area contributed by atoms with Crippen LogP contribution in [0.3, 0.4) is 0 Å². The van der Waals surface area contributed by atoms with Crippen molar-refractivity contribution in [3.05, 3.63) is 104 Å². The highest BCUT2D eigenvalue weighted by atomic mass is 35.5. The van der Waals surface area contributed by atoms with Gasteiger partial charge in [-0.2, -0.15) is 13.2 Å². The maximum atomic E-state index is 14.4. The number of rotatable bonds is 4. The van der Waals surface area contributed by atoms with Crippen molar-refractivity contribution in [1.82, 2.24) is 5.06 Å². The molecule has 0 aliphatic carbocycles. The molecule has 0 aromatic heterocycles. The molecule has 0 saturated heterocycles. The average molecular weight is 542 g/mol. The summed E-state index contributed by atoms with van der Waals surface area (Å²) in [5.74, 6) is -0.398. The number of hydroxylamine groups is 2. The van der Waals surface area contributed by atoms with Crippen LogP contribution in [0, 0.1) is 6.92 Å². The minimum Gasteiger partial charge on any atom is -0.321 e. The predicted octanol–water partition coefficient (Wildman–Crippen LogP) is 7.88. The molecule has 1 heterocycles. The topological polar surface area (TPSA) is 41.6 Å². The van der Waals surface area contributed by atoms with Gasteiger partial charge in [0.05, 0.1) is 16.4 Å². The number of carbonyl (C=O) groups excluding carboxylic acids is 1. The number of aryl methyl sites for hydroxylation is 1. The smallest absolute Gasteiger partial charge is 0.321 e. The number of para-hydroxylation sites is 1. The molecule has 0 fully saturated rings. The number of carbonyl (C=O) groups is 1. The molecular formula is C25H18Cl3F3N2O2. The van der Waals surface area contributed by atoms with E-state index in [1.165, 1.54) is 31.3 Å². The number of hydrogen-bond acceptors (Lipinski definition) is 3. The Morgan fingerprint density at radius 2 is 1.66 bits per heavy atom. The summed E-state index contributed by atoms with van der Waals surface area (Å²) in [6, 6.07) is 15.2. The fraction of sp³-hybridized carbons (Fsp3) is 0.160. The maximum Gasteiger partial charge on any atom is 0.428 e. The third-order valence-corrected chi connectivity index (χ3v) is 6.33. The standard InChI is InChI=1S/C25H18Cl3F3N2O2/c1-14-9-15(7-8-19(14)23(34)32-21-6-4-3-5-20(21)28)22-13-24(25(29,30)31,35-33(22)2)16-10-17(26)12-18(27)11-16/h3-13H,1-2H3,(H,32,34). The van der Waals surface area contributed by atoms with Crippen molar-refractivity contribution in [2.24, 2.45) is 0 Å². The van der Waals surface area contributed by atoms with Crippen LogP contribution in [0.2, 0.25) is 15.1 Å². The third kappa shape index (κ3) is 4.86. The quantitative estimate of drug-likeness (QED) is 0.365. The number of nitrogens with one attached hydrogen (secondary N) is 1. The predicted molar refractivity (Wildman–Crippen MR) is 132 cm³/mol. The Bertz CT molecular complexity index is 1320. The van der Waals surface area contributed by atoms with E-state index in [4.69, 9.17) is 39.6 Å². The molecule has 0 spiro atoms. The molecule has 1 aliphatic rings. The first-order valence-electron chi connectivity index (χ1n) is 10.3. The maximum absolute atomic E-state index is 14.4. The molecular weight excluding hydrogens is 524 g/mol. The molecule has 1 N–H and O–H groups in total. The highest BCUT2D eigenvalue weighted by Gasteiger charge is 2.60. The largest absolute Gasteiger partial charge is 0.428 e. The van der Waals surface area contributed by atoms with E-state index >= 15 is 0 Å². The fourth-order valence-corrected chi connectivity index (χ4v) is 4.58. The molecule has 3 aromatic rings. The Morgan fingerprint density at radius 1 is 1.00 bits per heavy atom. The molecule has 10 heteroatoms. The van der Waals surface area contributed by atoms with Crippen LogP contribution < -0.4 is 5.32 Å². The van der Waals surface area contributed by atoms with E-state index in [2.05, 4.69) is 5.32 Å². The van der Waals surface area contributed by atoms with E-state index in [1.54, 1.807) is 43.3 Å². The Kier molecular flexibility index (Phi) is 6.81. The lowest BCUT2D eigenvalue weighted by Gasteiger charge is -2.31. The van der Waals surface area contributed by atoms with E-state index in [0.717, 1.165) is 11.1 Å². The van der Waals surface area contributed by atoms with E-state index in [0.29, 0.717) is 27.4 Å². The SMILES string of the molecule is Cc1cc(C2=CC(c3cc(Cl)cc(Cl)c3)(C(F)(F)F)ON2C)ccc1C(=O)Nc1ccccc1Cl. The summed E-state index contributed by atoms with van der Waals surface area (Å²) in [7, 11) is 1.37. The Labute approximate surface area is 214 Å². The molecule has 0 saturated carbocycles. The van der Waals surface area contributed by atoms with E-state index in [9.17, 15) is 18.0 Å². The van der Waals surface area contributed by atoms with Gasteiger partial charge in [-0.15, -0.1) is 0 Å². The van der Waals surface area contributed by atoms with Gasteiger partial charge in [-0.25, -0.2) is 4.84 Å². The number of benzene rings is 3. The second-order valence-electron chi connectivity index (χ2n) is 7.97. The lowest BCUT2D eigenvalue weighted by Crippen LogP contribution is -2.42. The fourth-order valence-electron chi connectivity index (χ4n) is 3.87. The number of anilines is 1. The second-order valence-corrected chi connectivity index (χ2v) is 9.25. The third-order valence-electron chi connectivity index (χ3n) is 5.56. The Balaban J connectivity index is 1.72. The lowest BCUT2D eigenvalue weighted by atomic mass is 9.91. The van der Waals surface area contributed by atoms with E-state index in [1.807, 2.05) is 0 Å². The van der Waals surface area contributed by atoms with E-state index < -0.39 is 17.7 Å². The number of amides is 1. The van der Waals surface area contributed by atoms with Crippen molar-refractivity contribution in [3.63, 3.8) is 0 Å². The van der Waals surface area contributed by atoms with Gasteiger partial charge in [0.15, 0.2) is 0 Å². The minimum absolute atomic E-state index is 0.0500. The van der Waals surface area contributed by atoms with Gasteiger partial charge in [-0.05, 0) is 61.0 Å². The van der Waals surface area contributed by atoms with Gasteiger partial charge in [-0.1, -0.05) is 53.0 Å². The van der Waals surface area contributed by atoms with Crippen molar-refractivity contribution in [2.45, 2.75) is 18.7 Å². The van der Waals surface area contributed by atoms with Crippen LogP contribution >= 0.6 is 34.8 Å². The molecule has 1 amide bonds. The molecule has 0 bridgehead atoms. The molecule has 3 aromatic carbocycles. The summed E-state index contributed by atoms with van der Waals surface area (Å²) in [5, 5.41) is 4.26. The van der Waals surface area contributed by atoms with Crippen molar-refractivity contribution >= 4 is 52.1 Å². The highest BCUT2D eigenvalue weighted by Crippen LogP contribution is 2.51. The second kappa shape index (κ2) is 9.39. The molecule has 4 nitrogen and oxygen atoms in total. The average Bonchev–Trinajstić information content (AvgIpc) is 3.13. The normalized spacial score (nSPS) is 17.9. The van der Waals surface area contributed by atoms with Gasteiger partial charge < -0.3 is 5.32 Å². The summed E-state index contributed by atoms with van der Waals surface area (Å²) in [4.78, 5) is 18.2. The number of alkyl halides is 3. The van der Waals surface area contributed by atoms with Crippen LogP contribution in [0.25, 0.3) is 5.70 Å². The molecule has 1 atom stereocenters. The minimum atomic E-state index is -4.82. The summed E-state index contributed by atoms with van der Waals surface area (Å²) >= 11 is 18.1. The molecule has 1 unspecified atom stereocenters. The summed E-state index contributed by atoms with van der Waals surface area (Å²) in [6.07, 6.45) is -3.84. The number of halogens is 6. The van der Waals surface area contributed by atoms with Gasteiger partial charge in [0.25, 0.3) is 5.91 Å². The van der Waals surface area contributed by atoms with E-state index in [-0.39, 0.29) is 21.3 Å². The Hall–Kier alpha value is -2.71. The molecule has 1 aliphatic heterocycles. The molecule has 35 heavy (non-hydrogen) atoms. The Morgan fingerprint density at radius 3 is 2.26 bits per heavy atom. The van der Waals surface area contributed by atoms with Crippen LogP contribution in [0.1, 0.15) is 27.0 Å². The first-order chi connectivity index (χ1) is 16.4. The number of nitrogens with zero attached hydrogens (tertiary/aromatic N) is 1. The first kappa shape index (κ1) is 25.4. The highest BCUT2D eigenvalue weighted by molar-refractivity contribution is 6.35. The zero-order valence-electron chi connectivity index (χ0n) is 18.4. The van der Waals surface area contributed by atoms with Crippen LogP contribution in [0.4, 0.5) is 18.9 Å². The van der Waals surface area contributed by atoms with Gasteiger partial charge in [0.1, 0.15) is 0 Å². The van der Waals surface area contributed by atoms with Gasteiger partial charge in [-0.3, -0.25) is 9.86 Å². The van der Waals surface area contributed by atoms with Crippen molar-refractivity contribution in [3.8, 4) is 0 Å². The summed E-state index contributed by atoms with van der Waals surface area (Å²) < 4.78 is 43.1. The zero-order valence-corrected chi connectivity index (χ0v) is 20.7. The van der Waals surface area contributed by atoms with Gasteiger partial charge >= 0.3 is 6.18 Å². The van der Waals surface area contributed by atoms with Gasteiger partial charge in [0.2, 0.25) is 5.60 Å². The summed E-state index contributed by atoms with van der Waals surface area (Å²) in [5.41, 5.74) is -1.10. The van der Waals surface area contributed by atoms with Crippen LogP contribution in [0.5, 0.6) is 0 Å². The number of hydrogen-bond donors (Lipinski definition) is 1. The van der Waals surface area contributed by atoms with Crippen molar-refractivity contribution < 1.29 is 22.8 Å². The molecule has 4 rings (SSSR count). The monoisotopic (exact) mass is 540 g/mol. The summed E-state index contributed by atoms with van der Waals surface area (Å²) in [6.45, 7) is 1.69. The lowest BCUT2D eigenvalue weighted by molar-refractivity contribution is -0.308. The van der Waals surface area contributed by atoms with Crippen molar-refractivity contribution in [2.75, 3.05) is 12.4 Å². The van der Waals surface area contributed by atoms with Crippen LogP contribution in [-0.4, -0.2) is 24.2 Å². The van der Waals surface area contributed by atoms with Crippen LogP contribution in [-0.2, 0) is 10.4 Å². The first-order valence-corrected chi connectivity index (χ1v) is 11.4. The van der Waals surface area contributed by atoms with Crippen LogP contribution in [0.15, 0.2) is 66.7 Å². The molecule has 0 radical (unpaired) electrons. The zero-order chi connectivity index (χ0) is 25.5. The van der Waals surface area contributed by atoms with Crippen molar-refractivity contribution in [1.29, 1.82) is 0 Å².